The van der Waals surface area contributed by atoms with E-state index < -0.39 is 0 Å². The second-order valence-corrected chi connectivity index (χ2v) is 4.18. The lowest BCUT2D eigenvalue weighted by Crippen LogP contribution is -2.23. The molecule has 0 spiro atoms. The zero-order valence-corrected chi connectivity index (χ0v) is 10.2. The first-order valence-corrected chi connectivity index (χ1v) is 5.44. The summed E-state index contributed by atoms with van der Waals surface area (Å²) in [5.41, 5.74) is 0.500. The minimum Gasteiger partial charge on any atom is -0.309 e. The van der Waals surface area contributed by atoms with Gasteiger partial charge in [-0.15, -0.1) is 11.6 Å². The molecule has 0 radical (unpaired) electrons. The summed E-state index contributed by atoms with van der Waals surface area (Å²) in [4.78, 5) is 11.6. The van der Waals surface area contributed by atoms with Crippen molar-refractivity contribution in [3.8, 4) is 6.07 Å². The van der Waals surface area contributed by atoms with Gasteiger partial charge in [0.05, 0.1) is 0 Å². The normalized spacial score (nSPS) is 9.67. The third kappa shape index (κ3) is 2.95. The molecule has 15 heavy (non-hydrogen) atoms. The van der Waals surface area contributed by atoms with Crippen LogP contribution in [0.5, 0.6) is 0 Å². The quantitative estimate of drug-likeness (QED) is 0.632. The van der Waals surface area contributed by atoms with Crippen molar-refractivity contribution in [3.05, 3.63) is 44.8 Å². The topological polar surface area (TPSA) is 45.8 Å². The van der Waals surface area contributed by atoms with Crippen molar-refractivity contribution in [1.29, 1.82) is 5.26 Å². The predicted molar refractivity (Wildman–Crippen MR) is 63.0 cm³/mol. The van der Waals surface area contributed by atoms with Gasteiger partial charge in [-0.3, -0.25) is 4.79 Å². The molecule has 0 bridgehead atoms. The summed E-state index contributed by atoms with van der Waals surface area (Å²) in [5, 5.41) is 8.73. The van der Waals surface area contributed by atoms with Crippen molar-refractivity contribution in [2.45, 2.75) is 6.54 Å². The molecule has 78 valence electrons. The second kappa shape index (κ2) is 5.15. The molecule has 0 fully saturated rings. The molecule has 0 atom stereocenters. The number of hydrogen-bond donors (Lipinski definition) is 0. The van der Waals surface area contributed by atoms with Gasteiger partial charge in [0.15, 0.2) is 0 Å². The predicted octanol–water partition coefficient (Wildman–Crippen LogP) is 2.28. The third-order valence-electron chi connectivity index (χ3n) is 1.76. The molecule has 0 aromatic carbocycles. The number of allylic oxidation sites excluding steroid dienone is 1. The Hall–Kier alpha value is -1.05. The molecule has 0 aliphatic heterocycles. The number of hydrogen-bond acceptors (Lipinski definition) is 2. The second-order valence-electron chi connectivity index (χ2n) is 3.00. The molecule has 0 amide bonds. The Kier molecular flexibility index (Phi) is 4.13. The Morgan fingerprint density at radius 3 is 2.93 bits per heavy atom. The van der Waals surface area contributed by atoms with Crippen LogP contribution in [0.4, 0.5) is 0 Å². The maximum absolute atomic E-state index is 11.6. The summed E-state index contributed by atoms with van der Waals surface area (Å²) in [5.74, 6) is 0.293. The van der Waals surface area contributed by atoms with Crippen molar-refractivity contribution in [2.24, 2.45) is 0 Å². The van der Waals surface area contributed by atoms with Gasteiger partial charge < -0.3 is 4.57 Å². The van der Waals surface area contributed by atoms with Crippen molar-refractivity contribution in [2.75, 3.05) is 5.88 Å². The number of nitriles is 1. The fourth-order valence-corrected chi connectivity index (χ4v) is 1.64. The fraction of sp³-hybridized carbons (Fsp3) is 0.200. The van der Waals surface area contributed by atoms with Crippen LogP contribution < -0.4 is 5.56 Å². The summed E-state index contributed by atoms with van der Waals surface area (Å²) in [6.45, 7) is 4.03. The average Bonchev–Trinajstić information content (AvgIpc) is 2.22. The number of nitrogens with zero attached hydrogens (tertiary/aromatic N) is 2. The van der Waals surface area contributed by atoms with Crippen LogP contribution in [0, 0.1) is 11.3 Å². The van der Waals surface area contributed by atoms with Gasteiger partial charge in [0, 0.05) is 23.1 Å². The van der Waals surface area contributed by atoms with Crippen LogP contribution in [0.15, 0.2) is 33.7 Å². The van der Waals surface area contributed by atoms with E-state index in [4.69, 9.17) is 16.9 Å². The van der Waals surface area contributed by atoms with Crippen molar-refractivity contribution < 1.29 is 0 Å². The van der Waals surface area contributed by atoms with Crippen LogP contribution in [0.2, 0.25) is 0 Å². The van der Waals surface area contributed by atoms with Gasteiger partial charge in [-0.25, -0.2) is 0 Å². The maximum Gasteiger partial charge on any atom is 0.268 e. The molecule has 0 unspecified atom stereocenters. The zero-order chi connectivity index (χ0) is 11.4. The SMILES string of the molecule is C=C(CCl)Cn1cc(Br)cc(C#N)c1=O. The van der Waals surface area contributed by atoms with Gasteiger partial charge in [0.1, 0.15) is 11.6 Å². The van der Waals surface area contributed by atoms with Gasteiger partial charge in [0.25, 0.3) is 5.56 Å². The standard InChI is InChI=1S/C10H8BrClN2O/c1-7(3-12)5-14-6-9(11)2-8(4-13)10(14)15/h2,6H,1,3,5H2. The van der Waals surface area contributed by atoms with Crippen LogP contribution in [-0.2, 0) is 6.54 Å². The van der Waals surface area contributed by atoms with Crippen LogP contribution in [0.3, 0.4) is 0 Å². The lowest BCUT2D eigenvalue weighted by Gasteiger charge is -2.07. The highest BCUT2D eigenvalue weighted by Crippen LogP contribution is 2.09. The number of rotatable bonds is 3. The molecule has 0 saturated carbocycles. The molecule has 1 aromatic heterocycles. The first kappa shape index (κ1) is 12.0. The van der Waals surface area contributed by atoms with E-state index in [1.165, 1.54) is 10.6 Å². The van der Waals surface area contributed by atoms with Gasteiger partial charge in [-0.2, -0.15) is 5.26 Å². The highest BCUT2D eigenvalue weighted by atomic mass is 79.9. The van der Waals surface area contributed by atoms with E-state index in [0.29, 0.717) is 16.9 Å². The fourth-order valence-electron chi connectivity index (χ4n) is 1.08. The minimum absolute atomic E-state index is 0.103. The van der Waals surface area contributed by atoms with Crippen molar-refractivity contribution in [1.82, 2.24) is 4.57 Å². The molecule has 0 aliphatic carbocycles. The number of alkyl halides is 1. The molecule has 0 saturated heterocycles. The van der Waals surface area contributed by atoms with Gasteiger partial charge >= 0.3 is 0 Å². The molecule has 0 N–H and O–H groups in total. The lowest BCUT2D eigenvalue weighted by atomic mass is 10.3. The summed E-state index contributed by atoms with van der Waals surface area (Å²) in [7, 11) is 0. The number of pyridine rings is 1. The zero-order valence-electron chi connectivity index (χ0n) is 7.83. The van der Waals surface area contributed by atoms with Crippen molar-refractivity contribution >= 4 is 27.5 Å². The van der Waals surface area contributed by atoms with E-state index >= 15 is 0 Å². The highest BCUT2D eigenvalue weighted by molar-refractivity contribution is 9.10. The molecule has 3 nitrogen and oxygen atoms in total. The number of aromatic nitrogens is 1. The first-order chi connectivity index (χ1) is 7.08. The van der Waals surface area contributed by atoms with Crippen LogP contribution in [0.25, 0.3) is 0 Å². The summed E-state index contributed by atoms with van der Waals surface area (Å²) < 4.78 is 2.09. The third-order valence-corrected chi connectivity index (χ3v) is 2.57. The molecular weight excluding hydrogens is 279 g/mol. The van der Waals surface area contributed by atoms with E-state index in [2.05, 4.69) is 22.5 Å². The van der Waals surface area contributed by atoms with E-state index in [1.54, 1.807) is 6.20 Å². The smallest absolute Gasteiger partial charge is 0.268 e. The minimum atomic E-state index is -0.327. The molecular formula is C10H8BrClN2O. The van der Waals surface area contributed by atoms with Crippen LogP contribution >= 0.6 is 27.5 Å². The average molecular weight is 288 g/mol. The van der Waals surface area contributed by atoms with Crippen molar-refractivity contribution in [3.63, 3.8) is 0 Å². The Bertz CT molecular complexity index is 487. The highest BCUT2D eigenvalue weighted by Gasteiger charge is 2.05. The summed E-state index contributed by atoms with van der Waals surface area (Å²) in [6, 6.07) is 3.33. The van der Waals surface area contributed by atoms with Gasteiger partial charge in [0.2, 0.25) is 0 Å². The Morgan fingerprint density at radius 2 is 2.40 bits per heavy atom. The largest absolute Gasteiger partial charge is 0.309 e. The molecule has 0 aliphatic rings. The first-order valence-electron chi connectivity index (χ1n) is 4.11. The van der Waals surface area contributed by atoms with Crippen LogP contribution in [0.1, 0.15) is 5.56 Å². The summed E-state index contributed by atoms with van der Waals surface area (Å²) in [6.07, 6.45) is 1.61. The van der Waals surface area contributed by atoms with E-state index in [0.717, 1.165) is 5.57 Å². The Balaban J connectivity index is 3.20. The number of halogens is 2. The molecule has 1 heterocycles. The molecule has 1 rings (SSSR count). The monoisotopic (exact) mass is 286 g/mol. The summed E-state index contributed by atoms with van der Waals surface area (Å²) >= 11 is 8.80. The van der Waals surface area contributed by atoms with Gasteiger partial charge in [-0.05, 0) is 27.6 Å². The lowest BCUT2D eigenvalue weighted by molar-refractivity contribution is 0.744. The molecule has 5 heteroatoms. The van der Waals surface area contributed by atoms with Gasteiger partial charge in [-0.1, -0.05) is 6.58 Å². The Morgan fingerprint density at radius 1 is 1.73 bits per heavy atom. The van der Waals surface area contributed by atoms with E-state index in [9.17, 15) is 4.79 Å². The molecule has 1 aromatic rings. The maximum atomic E-state index is 11.6. The van der Waals surface area contributed by atoms with E-state index in [-0.39, 0.29) is 11.1 Å². The Labute approximate surface area is 101 Å². The van der Waals surface area contributed by atoms with Crippen LogP contribution in [-0.4, -0.2) is 10.4 Å². The van der Waals surface area contributed by atoms with E-state index in [1.807, 2.05) is 6.07 Å².